The first-order valence-electron chi connectivity index (χ1n) is 11.8. The van der Waals surface area contributed by atoms with Crippen LogP contribution in [0.1, 0.15) is 46.1 Å². The Hall–Kier alpha value is -3.80. The minimum atomic E-state index is -0.569. The van der Waals surface area contributed by atoms with Crippen LogP contribution in [0.2, 0.25) is 0 Å². The lowest BCUT2D eigenvalue weighted by molar-refractivity contribution is -0.132. The molecule has 0 unspecified atom stereocenters. The number of anilines is 1. The molecule has 0 aliphatic rings. The van der Waals surface area contributed by atoms with Crippen LogP contribution in [-0.2, 0) is 18.4 Å². The molecule has 1 N–H and O–H groups in total. The maximum absolute atomic E-state index is 13.1. The number of aromatic nitrogens is 1. The van der Waals surface area contributed by atoms with Crippen molar-refractivity contribution in [3.63, 3.8) is 0 Å². The molecule has 0 saturated heterocycles. The number of hydrogen-bond donors (Lipinski definition) is 1. The van der Waals surface area contributed by atoms with Gasteiger partial charge in [-0.25, -0.2) is 0 Å². The van der Waals surface area contributed by atoms with E-state index in [1.807, 2.05) is 42.5 Å². The highest BCUT2D eigenvalue weighted by Gasteiger charge is 2.20. The number of nitrogens with one attached hydrogen (secondary N) is 1. The smallest absolute Gasteiger partial charge is 0.308 e. The lowest BCUT2D eigenvalue weighted by Gasteiger charge is -2.16. The summed E-state index contributed by atoms with van der Waals surface area (Å²) in [7, 11) is 1.66. The third-order valence-electron chi connectivity index (χ3n) is 5.64. The Bertz CT molecular complexity index is 1300. The van der Waals surface area contributed by atoms with Gasteiger partial charge in [-0.15, -0.1) is 0 Å². The second-order valence-electron chi connectivity index (χ2n) is 8.87. The summed E-state index contributed by atoms with van der Waals surface area (Å²) in [6, 6.07) is 15.8. The van der Waals surface area contributed by atoms with E-state index < -0.39 is 11.5 Å². The fourth-order valence-electron chi connectivity index (χ4n) is 3.73. The van der Waals surface area contributed by atoms with Crippen LogP contribution >= 0.6 is 0 Å². The van der Waals surface area contributed by atoms with E-state index in [1.54, 1.807) is 7.05 Å². The Morgan fingerprint density at radius 2 is 1.74 bits per heavy atom. The highest BCUT2D eigenvalue weighted by atomic mass is 16.6. The minimum Gasteiger partial charge on any atom is -0.485 e. The maximum Gasteiger partial charge on any atom is 0.308 e. The molecule has 0 atom stereocenters. The third-order valence-corrected chi connectivity index (χ3v) is 5.64. The number of ether oxygens (including phenoxy) is 2. The Balaban J connectivity index is 1.91. The number of esters is 1. The number of pyridine rings is 1. The fraction of sp³-hybridized carbons (Fsp3) is 0.310. The van der Waals surface area contributed by atoms with E-state index in [2.05, 4.69) is 44.3 Å². The number of fused-ring (bicyclic) bond motifs is 1. The fourth-order valence-corrected chi connectivity index (χ4v) is 3.73. The quantitative estimate of drug-likeness (QED) is 0.282. The molecule has 0 aliphatic heterocycles. The number of allylic oxidation sites excluding steroid dienone is 3. The molecule has 0 spiro atoms. The summed E-state index contributed by atoms with van der Waals surface area (Å²) in [6.45, 7) is 8.43. The van der Waals surface area contributed by atoms with Gasteiger partial charge in [0.1, 0.15) is 6.61 Å². The zero-order chi connectivity index (χ0) is 25.4. The van der Waals surface area contributed by atoms with Crippen molar-refractivity contribution >= 4 is 22.6 Å². The second-order valence-corrected chi connectivity index (χ2v) is 8.87. The van der Waals surface area contributed by atoms with Gasteiger partial charge in [0.25, 0.3) is 5.56 Å². The van der Waals surface area contributed by atoms with E-state index in [4.69, 9.17) is 9.47 Å². The number of benzene rings is 2. The molecule has 0 bridgehead atoms. The molecule has 184 valence electrons. The van der Waals surface area contributed by atoms with Crippen LogP contribution in [0.15, 0.2) is 76.6 Å². The molecule has 0 amide bonds. The first-order chi connectivity index (χ1) is 16.8. The number of rotatable bonds is 10. The summed E-state index contributed by atoms with van der Waals surface area (Å²) in [5.41, 5.74) is 4.77. The van der Waals surface area contributed by atoms with Crippen molar-refractivity contribution in [2.75, 3.05) is 11.9 Å². The van der Waals surface area contributed by atoms with Gasteiger partial charge in [-0.3, -0.25) is 9.59 Å². The minimum absolute atomic E-state index is 0.0897. The zero-order valence-electron chi connectivity index (χ0n) is 21.2. The highest BCUT2D eigenvalue weighted by molar-refractivity contribution is 5.91. The monoisotopic (exact) mass is 474 g/mol. The Morgan fingerprint density at radius 3 is 2.43 bits per heavy atom. The summed E-state index contributed by atoms with van der Waals surface area (Å²) >= 11 is 0. The molecule has 1 heterocycles. The van der Waals surface area contributed by atoms with Gasteiger partial charge in [0.2, 0.25) is 5.75 Å². The summed E-state index contributed by atoms with van der Waals surface area (Å²) in [6.07, 6.45) is 6.10. The predicted octanol–water partition coefficient (Wildman–Crippen LogP) is 6.15. The lowest BCUT2D eigenvalue weighted by Crippen LogP contribution is -2.22. The number of nitrogens with zero attached hydrogens (tertiary/aromatic N) is 1. The molecule has 3 aromatic rings. The van der Waals surface area contributed by atoms with Crippen molar-refractivity contribution in [3.8, 4) is 11.5 Å². The SMILES string of the molecule is CC(=O)Oc1c(OC/C=C(\C)CCC=C(C)C)c2ccc(NCc3ccccc3)cc2n(C)c1=O. The van der Waals surface area contributed by atoms with Crippen LogP contribution in [0, 0.1) is 0 Å². The largest absolute Gasteiger partial charge is 0.485 e. The van der Waals surface area contributed by atoms with Crippen molar-refractivity contribution in [2.24, 2.45) is 7.05 Å². The van der Waals surface area contributed by atoms with E-state index in [1.165, 1.54) is 22.6 Å². The molecule has 0 aliphatic carbocycles. The first-order valence-corrected chi connectivity index (χ1v) is 11.8. The molecule has 0 radical (unpaired) electrons. The van der Waals surface area contributed by atoms with Crippen molar-refractivity contribution in [1.29, 1.82) is 0 Å². The Labute approximate surface area is 206 Å². The molecular formula is C29H34N2O4. The van der Waals surface area contributed by atoms with Crippen molar-refractivity contribution < 1.29 is 14.3 Å². The average Bonchev–Trinajstić information content (AvgIpc) is 2.83. The van der Waals surface area contributed by atoms with E-state index in [0.29, 0.717) is 17.4 Å². The van der Waals surface area contributed by atoms with Gasteiger partial charge in [-0.05, 0) is 63.5 Å². The predicted molar refractivity (Wildman–Crippen MR) is 142 cm³/mol. The number of carbonyl (C=O) groups excluding carboxylic acids is 1. The lowest BCUT2D eigenvalue weighted by atomic mass is 10.1. The van der Waals surface area contributed by atoms with Gasteiger partial charge in [0, 0.05) is 31.6 Å². The van der Waals surface area contributed by atoms with E-state index in [9.17, 15) is 9.59 Å². The molecule has 2 aromatic carbocycles. The van der Waals surface area contributed by atoms with Gasteiger partial charge in [0.15, 0.2) is 5.75 Å². The molecule has 35 heavy (non-hydrogen) atoms. The van der Waals surface area contributed by atoms with Gasteiger partial charge in [-0.2, -0.15) is 0 Å². The summed E-state index contributed by atoms with van der Waals surface area (Å²) < 4.78 is 12.8. The first kappa shape index (κ1) is 25.8. The van der Waals surface area contributed by atoms with Crippen LogP contribution in [0.4, 0.5) is 5.69 Å². The molecule has 6 nitrogen and oxygen atoms in total. The molecule has 6 heteroatoms. The normalized spacial score (nSPS) is 11.3. The summed E-state index contributed by atoms with van der Waals surface area (Å²) in [5.74, 6) is -0.379. The van der Waals surface area contributed by atoms with Crippen LogP contribution in [0.5, 0.6) is 11.5 Å². The number of aryl methyl sites for hydroxylation is 1. The third kappa shape index (κ3) is 7.09. The highest BCUT2D eigenvalue weighted by Crippen LogP contribution is 2.34. The molecule has 3 rings (SSSR count). The second kappa shape index (κ2) is 12.1. The van der Waals surface area contributed by atoms with Gasteiger partial charge in [0.05, 0.1) is 5.52 Å². The van der Waals surface area contributed by atoms with E-state index in [-0.39, 0.29) is 18.1 Å². The van der Waals surface area contributed by atoms with Crippen molar-refractivity contribution in [2.45, 2.75) is 47.1 Å². The summed E-state index contributed by atoms with van der Waals surface area (Å²) in [4.78, 5) is 24.8. The number of hydrogen-bond acceptors (Lipinski definition) is 5. The molecule has 0 fully saturated rings. The van der Waals surface area contributed by atoms with Gasteiger partial charge >= 0.3 is 5.97 Å². The van der Waals surface area contributed by atoms with Crippen LogP contribution < -0.4 is 20.3 Å². The van der Waals surface area contributed by atoms with Crippen molar-refractivity contribution in [1.82, 2.24) is 4.57 Å². The Kier molecular flexibility index (Phi) is 8.90. The summed E-state index contributed by atoms with van der Waals surface area (Å²) in [5, 5.41) is 4.09. The topological polar surface area (TPSA) is 69.6 Å². The standard InChI is InChI=1S/C29H34N2O4/c1-20(2)10-9-11-21(3)16-17-34-27-25-15-14-24(30-19-23-12-7-6-8-13-23)18-26(25)31(5)29(33)28(27)35-22(4)32/h6-8,10,12-16,18,30H,9,11,17,19H2,1-5H3/b21-16+. The van der Waals surface area contributed by atoms with Crippen molar-refractivity contribution in [3.05, 3.63) is 87.7 Å². The Morgan fingerprint density at radius 1 is 1.00 bits per heavy atom. The zero-order valence-corrected chi connectivity index (χ0v) is 21.2. The van der Waals surface area contributed by atoms with Crippen LogP contribution in [0.25, 0.3) is 10.9 Å². The molecular weight excluding hydrogens is 440 g/mol. The van der Waals surface area contributed by atoms with E-state index in [0.717, 1.165) is 24.1 Å². The molecule has 1 aromatic heterocycles. The van der Waals surface area contributed by atoms with Crippen LogP contribution in [0.3, 0.4) is 0 Å². The number of carbonyl (C=O) groups is 1. The maximum atomic E-state index is 13.1. The van der Waals surface area contributed by atoms with E-state index >= 15 is 0 Å². The average molecular weight is 475 g/mol. The van der Waals surface area contributed by atoms with Gasteiger partial charge < -0.3 is 19.4 Å². The molecule has 0 saturated carbocycles. The van der Waals surface area contributed by atoms with Crippen LogP contribution in [-0.4, -0.2) is 17.1 Å². The van der Waals surface area contributed by atoms with Gasteiger partial charge in [-0.1, -0.05) is 47.6 Å².